The number of nitrogens with two attached hydrogens (primary N) is 1. The summed E-state index contributed by atoms with van der Waals surface area (Å²) >= 11 is 0. The number of nitrogens with zero attached hydrogens (tertiary/aromatic N) is 3. The lowest BCUT2D eigenvalue weighted by Gasteiger charge is -2.11. The summed E-state index contributed by atoms with van der Waals surface area (Å²) in [6.07, 6.45) is 3.81. The Labute approximate surface area is 168 Å². The minimum Gasteiger partial charge on any atom is -0.453 e. The summed E-state index contributed by atoms with van der Waals surface area (Å²) in [7, 11) is 0. The molecule has 0 fully saturated rings. The van der Waals surface area contributed by atoms with Gasteiger partial charge in [-0.3, -0.25) is 9.59 Å². The van der Waals surface area contributed by atoms with E-state index in [4.69, 9.17) is 15.7 Å². The van der Waals surface area contributed by atoms with Crippen molar-refractivity contribution in [3.63, 3.8) is 0 Å². The average molecular weight is 396 g/mol. The highest BCUT2D eigenvalue weighted by Crippen LogP contribution is 2.15. The molecule has 29 heavy (non-hydrogen) atoms. The molecule has 2 N–H and O–H groups in total. The number of carbonyl (C=O) groups is 2. The second kappa shape index (κ2) is 10.2. The first-order valence-electron chi connectivity index (χ1n) is 9.44. The first kappa shape index (κ1) is 21.8. The Kier molecular flexibility index (Phi) is 7.66. The van der Waals surface area contributed by atoms with Crippen molar-refractivity contribution in [1.82, 2.24) is 9.78 Å². The number of nitriles is 1. The fourth-order valence-corrected chi connectivity index (χ4v) is 2.88. The van der Waals surface area contributed by atoms with Crippen LogP contribution in [-0.2, 0) is 16.1 Å². The van der Waals surface area contributed by atoms with E-state index >= 15 is 0 Å². The van der Waals surface area contributed by atoms with Gasteiger partial charge in [0, 0.05) is 17.6 Å². The smallest absolute Gasteiger partial charge is 0.359 e. The van der Waals surface area contributed by atoms with Crippen molar-refractivity contribution in [3.8, 4) is 6.07 Å². The Bertz CT molecular complexity index is 1020. The third kappa shape index (κ3) is 5.29. The molecule has 1 aromatic carbocycles. The number of rotatable bonds is 10. The summed E-state index contributed by atoms with van der Waals surface area (Å²) in [4.78, 5) is 37.3. The monoisotopic (exact) mass is 396 g/mol. The molecule has 1 atom stereocenters. The van der Waals surface area contributed by atoms with E-state index in [0.717, 1.165) is 25.7 Å². The van der Waals surface area contributed by atoms with Crippen molar-refractivity contribution in [1.29, 1.82) is 5.26 Å². The van der Waals surface area contributed by atoms with Gasteiger partial charge in [0.15, 0.2) is 18.1 Å². The molecule has 1 aromatic heterocycles. The molecule has 2 aromatic rings. The molecule has 1 heterocycles. The normalized spacial score (nSPS) is 11.6. The molecule has 0 saturated heterocycles. The van der Waals surface area contributed by atoms with Crippen molar-refractivity contribution in [3.05, 3.63) is 52.6 Å². The highest BCUT2D eigenvalue weighted by molar-refractivity contribution is 6.02. The Balaban J connectivity index is 2.28. The van der Waals surface area contributed by atoms with Crippen molar-refractivity contribution < 1.29 is 14.3 Å². The van der Waals surface area contributed by atoms with E-state index in [0.29, 0.717) is 17.3 Å². The van der Waals surface area contributed by atoms with Crippen LogP contribution in [0.4, 0.5) is 0 Å². The molecular weight excluding hydrogens is 372 g/mol. The minimum absolute atomic E-state index is 0.0522. The second-order valence-electron chi connectivity index (χ2n) is 6.66. The molecule has 0 aliphatic rings. The summed E-state index contributed by atoms with van der Waals surface area (Å²) in [6, 6.07) is 8.32. The van der Waals surface area contributed by atoms with Gasteiger partial charge >= 0.3 is 5.97 Å². The molecule has 0 unspecified atom stereocenters. The molecule has 0 aliphatic carbocycles. The lowest BCUT2D eigenvalue weighted by molar-refractivity contribution is -0.123. The van der Waals surface area contributed by atoms with E-state index in [-0.39, 0.29) is 17.0 Å². The first-order valence-corrected chi connectivity index (χ1v) is 9.44. The Morgan fingerprint density at radius 2 is 1.97 bits per heavy atom. The summed E-state index contributed by atoms with van der Waals surface area (Å²) in [5, 5.41) is 13.9. The highest BCUT2D eigenvalue weighted by Gasteiger charge is 2.23. The number of aromatic nitrogens is 2. The number of Topliss-reactive ketones (excluding diaryl/α,β-unsaturated/α-hetero) is 1. The highest BCUT2D eigenvalue weighted by atomic mass is 16.5. The van der Waals surface area contributed by atoms with Gasteiger partial charge in [-0.05, 0) is 12.5 Å². The molecule has 0 saturated carbocycles. The van der Waals surface area contributed by atoms with Gasteiger partial charge in [0.25, 0.3) is 5.56 Å². The summed E-state index contributed by atoms with van der Waals surface area (Å²) < 4.78 is 6.31. The van der Waals surface area contributed by atoms with Gasteiger partial charge in [0.05, 0.1) is 11.5 Å². The van der Waals surface area contributed by atoms with Crippen LogP contribution < -0.4 is 11.3 Å². The number of ketones is 1. The molecule has 0 amide bonds. The number of hydrogen-bond acceptors (Lipinski definition) is 7. The summed E-state index contributed by atoms with van der Waals surface area (Å²) in [5.41, 5.74) is 4.97. The number of allylic oxidation sites excluding steroid dienone is 1. The third-order valence-corrected chi connectivity index (χ3v) is 4.45. The fraction of sp³-hybridized carbons (Fsp3) is 0.381. The van der Waals surface area contributed by atoms with Crippen LogP contribution in [0.1, 0.15) is 43.1 Å². The summed E-state index contributed by atoms with van der Waals surface area (Å²) in [6.45, 7) is 5.21. The third-order valence-electron chi connectivity index (χ3n) is 4.45. The molecule has 0 radical (unpaired) electrons. The maximum absolute atomic E-state index is 12.7. The molecule has 0 spiro atoms. The Morgan fingerprint density at radius 1 is 1.28 bits per heavy atom. The van der Waals surface area contributed by atoms with Gasteiger partial charge in [-0.25, -0.2) is 9.48 Å². The van der Waals surface area contributed by atoms with Gasteiger partial charge < -0.3 is 10.5 Å². The zero-order chi connectivity index (χ0) is 21.4. The number of unbranched alkanes of at least 4 members (excludes halogenated alkanes) is 3. The molecule has 0 aliphatic heterocycles. The van der Waals surface area contributed by atoms with Crippen LogP contribution in [0.5, 0.6) is 0 Å². The van der Waals surface area contributed by atoms with E-state index in [1.807, 2.05) is 0 Å². The van der Waals surface area contributed by atoms with Crippen LogP contribution in [-0.4, -0.2) is 28.1 Å². The van der Waals surface area contributed by atoms with E-state index < -0.39 is 24.3 Å². The molecule has 0 bridgehead atoms. The standard InChI is InChI=1S/C21H24N4O4/c1-3-4-5-8-11-25-20(27)16-10-7-6-9-15(16)19(24-25)21(28)29-13-18(26)17(12-22)14(2)23/h6-7,9-10,17H,2-5,8,11,13,23H2,1H3/t17-/m1/s1. The molecule has 8 nitrogen and oxygen atoms in total. The lowest BCUT2D eigenvalue weighted by atomic mass is 10.0. The van der Waals surface area contributed by atoms with E-state index in [1.54, 1.807) is 30.3 Å². The van der Waals surface area contributed by atoms with Crippen molar-refractivity contribution in [2.75, 3.05) is 6.61 Å². The van der Waals surface area contributed by atoms with Crippen molar-refractivity contribution >= 4 is 22.5 Å². The zero-order valence-corrected chi connectivity index (χ0v) is 16.4. The average Bonchev–Trinajstić information content (AvgIpc) is 2.71. The number of benzene rings is 1. The van der Waals surface area contributed by atoms with E-state index in [1.165, 1.54) is 4.68 Å². The number of fused-ring (bicyclic) bond motifs is 1. The number of ether oxygens (including phenoxy) is 1. The minimum atomic E-state index is -1.25. The second-order valence-corrected chi connectivity index (χ2v) is 6.66. The largest absolute Gasteiger partial charge is 0.453 e. The van der Waals surface area contributed by atoms with Gasteiger partial charge in [-0.2, -0.15) is 10.4 Å². The topological polar surface area (TPSA) is 128 Å². The molecule has 2 rings (SSSR count). The molecular formula is C21H24N4O4. The molecule has 8 heteroatoms. The van der Waals surface area contributed by atoms with E-state index in [9.17, 15) is 14.4 Å². The predicted molar refractivity (Wildman–Crippen MR) is 108 cm³/mol. The molecule has 152 valence electrons. The van der Waals surface area contributed by atoms with Crippen LogP contribution in [0, 0.1) is 17.2 Å². The fourth-order valence-electron chi connectivity index (χ4n) is 2.88. The number of carbonyl (C=O) groups excluding carboxylic acids is 2. The van der Waals surface area contributed by atoms with Crippen LogP contribution in [0.3, 0.4) is 0 Å². The van der Waals surface area contributed by atoms with Crippen LogP contribution in [0.2, 0.25) is 0 Å². The quantitative estimate of drug-likeness (QED) is 0.482. The van der Waals surface area contributed by atoms with Gasteiger partial charge in [-0.1, -0.05) is 51.0 Å². The Hall–Kier alpha value is -3.47. The summed E-state index contributed by atoms with van der Waals surface area (Å²) in [5.74, 6) is -2.78. The Morgan fingerprint density at radius 3 is 2.59 bits per heavy atom. The predicted octanol–water partition coefficient (Wildman–Crippen LogP) is 2.31. The van der Waals surface area contributed by atoms with Crippen LogP contribution in [0.25, 0.3) is 10.8 Å². The van der Waals surface area contributed by atoms with Crippen LogP contribution in [0.15, 0.2) is 41.3 Å². The van der Waals surface area contributed by atoms with Crippen LogP contribution >= 0.6 is 0 Å². The number of hydrogen-bond donors (Lipinski definition) is 1. The zero-order valence-electron chi connectivity index (χ0n) is 16.4. The van der Waals surface area contributed by atoms with Gasteiger partial charge in [0.2, 0.25) is 0 Å². The number of esters is 1. The maximum atomic E-state index is 12.7. The van der Waals surface area contributed by atoms with Gasteiger partial charge in [-0.15, -0.1) is 0 Å². The maximum Gasteiger partial charge on any atom is 0.359 e. The lowest BCUT2D eigenvalue weighted by Crippen LogP contribution is -2.28. The SMILES string of the molecule is C=C(N)[C@@H](C#N)C(=O)COC(=O)c1nn(CCCCCC)c(=O)c2ccccc12. The number of aryl methyl sites for hydroxylation is 1. The van der Waals surface area contributed by atoms with Crippen molar-refractivity contribution in [2.24, 2.45) is 11.7 Å². The van der Waals surface area contributed by atoms with Gasteiger partial charge in [0.1, 0.15) is 5.92 Å². The first-order chi connectivity index (χ1) is 13.9. The van der Waals surface area contributed by atoms with Crippen molar-refractivity contribution in [2.45, 2.75) is 39.2 Å². The van der Waals surface area contributed by atoms with E-state index in [2.05, 4.69) is 18.6 Å².